The van der Waals surface area contributed by atoms with Crippen LogP contribution in [-0.2, 0) is 15.8 Å². The predicted octanol–water partition coefficient (Wildman–Crippen LogP) is 2.40. The first kappa shape index (κ1) is 14.9. The van der Waals surface area contributed by atoms with Crippen LogP contribution < -0.4 is 5.32 Å². The summed E-state index contributed by atoms with van der Waals surface area (Å²) in [6.07, 6.45) is 2.12. The number of hydrogen-bond acceptors (Lipinski definition) is 2. The Labute approximate surface area is 111 Å². The van der Waals surface area contributed by atoms with E-state index >= 15 is 0 Å². The van der Waals surface area contributed by atoms with Gasteiger partial charge in [-0.2, -0.15) is 0 Å². The third-order valence-corrected chi connectivity index (χ3v) is 3.91. The van der Waals surface area contributed by atoms with E-state index in [-0.39, 0.29) is 5.91 Å². The standard InChI is InChI=1S/C13H20N2O2S/c1-4-5-10-15(3)18(17)13-8-6-12(7-9-13)14-11(2)16/h6-9H,4-5,10H2,1-3H3,(H,14,16). The summed E-state index contributed by atoms with van der Waals surface area (Å²) in [6.45, 7) is 4.39. The fourth-order valence-corrected chi connectivity index (χ4v) is 2.53. The van der Waals surface area contributed by atoms with E-state index < -0.39 is 11.0 Å². The van der Waals surface area contributed by atoms with Gasteiger partial charge in [0.05, 0.1) is 4.90 Å². The molecule has 0 aromatic heterocycles. The van der Waals surface area contributed by atoms with Gasteiger partial charge in [-0.3, -0.25) is 4.79 Å². The molecule has 0 bridgehead atoms. The van der Waals surface area contributed by atoms with Crippen LogP contribution in [0.15, 0.2) is 29.2 Å². The SMILES string of the molecule is CCCCN(C)S(=O)c1ccc(NC(C)=O)cc1. The molecular formula is C13H20N2O2S. The third kappa shape index (κ3) is 4.58. The molecule has 1 aromatic carbocycles. The van der Waals surface area contributed by atoms with Gasteiger partial charge >= 0.3 is 0 Å². The summed E-state index contributed by atoms with van der Waals surface area (Å²) in [5.74, 6) is -0.107. The van der Waals surface area contributed by atoms with Crippen molar-refractivity contribution in [2.75, 3.05) is 18.9 Å². The van der Waals surface area contributed by atoms with Crippen molar-refractivity contribution in [3.63, 3.8) is 0 Å². The molecular weight excluding hydrogens is 248 g/mol. The zero-order valence-corrected chi connectivity index (χ0v) is 11.9. The second-order valence-electron chi connectivity index (χ2n) is 4.16. The van der Waals surface area contributed by atoms with Gasteiger partial charge in [-0.15, -0.1) is 0 Å². The second kappa shape index (κ2) is 7.28. The lowest BCUT2D eigenvalue weighted by molar-refractivity contribution is -0.114. The molecule has 0 saturated heterocycles. The summed E-state index contributed by atoms with van der Waals surface area (Å²) >= 11 is 0. The first-order valence-electron chi connectivity index (χ1n) is 6.05. The van der Waals surface area contributed by atoms with Gasteiger partial charge in [0.1, 0.15) is 11.0 Å². The highest BCUT2D eigenvalue weighted by molar-refractivity contribution is 7.82. The van der Waals surface area contributed by atoms with Gasteiger partial charge in [-0.25, -0.2) is 8.51 Å². The number of hydrogen-bond donors (Lipinski definition) is 1. The summed E-state index contributed by atoms with van der Waals surface area (Å²) in [5.41, 5.74) is 0.722. The van der Waals surface area contributed by atoms with Gasteiger partial charge in [0.25, 0.3) is 0 Å². The number of nitrogens with zero attached hydrogens (tertiary/aromatic N) is 1. The zero-order valence-electron chi connectivity index (χ0n) is 11.1. The minimum atomic E-state index is -1.13. The highest BCUT2D eigenvalue weighted by atomic mass is 32.2. The van der Waals surface area contributed by atoms with Crippen molar-refractivity contribution >= 4 is 22.6 Å². The quantitative estimate of drug-likeness (QED) is 0.861. The molecule has 0 fully saturated rings. The van der Waals surface area contributed by atoms with Crippen LogP contribution in [0.4, 0.5) is 5.69 Å². The molecule has 0 spiro atoms. The van der Waals surface area contributed by atoms with Crippen LogP contribution in [0.3, 0.4) is 0 Å². The molecule has 100 valence electrons. The van der Waals surface area contributed by atoms with Crippen LogP contribution in [0.25, 0.3) is 0 Å². The Balaban J connectivity index is 2.66. The minimum absolute atomic E-state index is 0.107. The number of rotatable bonds is 6. The highest BCUT2D eigenvalue weighted by Crippen LogP contribution is 2.14. The summed E-state index contributed by atoms with van der Waals surface area (Å²) in [4.78, 5) is 11.6. The van der Waals surface area contributed by atoms with Gasteiger partial charge in [-0.1, -0.05) is 13.3 Å². The van der Waals surface area contributed by atoms with Crippen molar-refractivity contribution in [1.82, 2.24) is 4.31 Å². The fraction of sp³-hybridized carbons (Fsp3) is 0.462. The van der Waals surface area contributed by atoms with Gasteiger partial charge in [0.15, 0.2) is 0 Å². The third-order valence-electron chi connectivity index (χ3n) is 2.49. The van der Waals surface area contributed by atoms with Gasteiger partial charge < -0.3 is 5.32 Å². The molecule has 0 aliphatic heterocycles. The monoisotopic (exact) mass is 268 g/mol. The maximum atomic E-state index is 12.1. The second-order valence-corrected chi connectivity index (χ2v) is 5.75. The zero-order chi connectivity index (χ0) is 13.5. The Bertz CT molecular complexity index is 418. The van der Waals surface area contributed by atoms with Crippen molar-refractivity contribution in [2.24, 2.45) is 0 Å². The fourth-order valence-electron chi connectivity index (χ4n) is 1.50. The van der Waals surface area contributed by atoms with Crippen LogP contribution >= 0.6 is 0 Å². The van der Waals surface area contributed by atoms with E-state index in [1.54, 1.807) is 24.3 Å². The topological polar surface area (TPSA) is 49.4 Å². The molecule has 0 saturated carbocycles. The van der Waals surface area contributed by atoms with Crippen LogP contribution in [0, 0.1) is 0 Å². The predicted molar refractivity (Wildman–Crippen MR) is 74.7 cm³/mol. The Hall–Kier alpha value is -1.20. The number of nitrogens with one attached hydrogen (secondary N) is 1. The molecule has 18 heavy (non-hydrogen) atoms. The number of amides is 1. The average molecular weight is 268 g/mol. The largest absolute Gasteiger partial charge is 0.326 e. The number of carbonyl (C=O) groups excluding carboxylic acids is 1. The maximum Gasteiger partial charge on any atom is 0.221 e. The molecule has 1 unspecified atom stereocenters. The number of benzene rings is 1. The molecule has 5 heteroatoms. The van der Waals surface area contributed by atoms with E-state index in [0.29, 0.717) is 0 Å². The summed E-state index contributed by atoms with van der Waals surface area (Å²) in [5, 5.41) is 2.68. The number of unbranched alkanes of at least 4 members (excludes halogenated alkanes) is 1. The normalized spacial score (nSPS) is 12.4. The minimum Gasteiger partial charge on any atom is -0.326 e. The summed E-state index contributed by atoms with van der Waals surface area (Å²) in [7, 11) is 0.725. The molecule has 1 aromatic rings. The van der Waals surface area contributed by atoms with E-state index in [2.05, 4.69) is 12.2 Å². The Morgan fingerprint density at radius 2 is 1.94 bits per heavy atom. The van der Waals surface area contributed by atoms with Crippen LogP contribution in [-0.4, -0.2) is 28.0 Å². The molecule has 0 aliphatic rings. The van der Waals surface area contributed by atoms with Gasteiger partial charge in [0, 0.05) is 26.2 Å². The first-order chi connectivity index (χ1) is 8.54. The van der Waals surface area contributed by atoms with Crippen molar-refractivity contribution in [1.29, 1.82) is 0 Å². The van der Waals surface area contributed by atoms with E-state index in [1.807, 2.05) is 11.4 Å². The summed E-state index contributed by atoms with van der Waals surface area (Å²) < 4.78 is 14.0. The lowest BCUT2D eigenvalue weighted by Gasteiger charge is -2.15. The van der Waals surface area contributed by atoms with Crippen molar-refractivity contribution in [3.05, 3.63) is 24.3 Å². The molecule has 4 nitrogen and oxygen atoms in total. The van der Waals surface area contributed by atoms with E-state index in [1.165, 1.54) is 6.92 Å². The van der Waals surface area contributed by atoms with Crippen LogP contribution in [0.2, 0.25) is 0 Å². The van der Waals surface area contributed by atoms with Crippen molar-refractivity contribution in [3.8, 4) is 0 Å². The van der Waals surface area contributed by atoms with Crippen molar-refractivity contribution in [2.45, 2.75) is 31.6 Å². The molecule has 1 N–H and O–H groups in total. The van der Waals surface area contributed by atoms with Crippen LogP contribution in [0.1, 0.15) is 26.7 Å². The van der Waals surface area contributed by atoms with Crippen LogP contribution in [0.5, 0.6) is 0 Å². The lowest BCUT2D eigenvalue weighted by Crippen LogP contribution is -2.22. The van der Waals surface area contributed by atoms with Crippen molar-refractivity contribution < 1.29 is 9.00 Å². The number of anilines is 1. The number of carbonyl (C=O) groups is 1. The molecule has 1 amide bonds. The Morgan fingerprint density at radius 1 is 1.33 bits per heavy atom. The molecule has 0 aliphatic carbocycles. The Morgan fingerprint density at radius 3 is 2.44 bits per heavy atom. The average Bonchev–Trinajstić information content (AvgIpc) is 2.35. The first-order valence-corrected chi connectivity index (χ1v) is 7.16. The molecule has 1 rings (SSSR count). The lowest BCUT2D eigenvalue weighted by atomic mass is 10.3. The molecule has 0 heterocycles. The highest BCUT2D eigenvalue weighted by Gasteiger charge is 2.09. The molecule has 0 radical (unpaired) electrons. The van der Waals surface area contributed by atoms with Gasteiger partial charge in [0.2, 0.25) is 5.91 Å². The van der Waals surface area contributed by atoms with E-state index in [0.717, 1.165) is 30.0 Å². The Kier molecular flexibility index (Phi) is 6.01. The maximum absolute atomic E-state index is 12.1. The molecule has 1 atom stereocenters. The van der Waals surface area contributed by atoms with E-state index in [4.69, 9.17) is 0 Å². The van der Waals surface area contributed by atoms with Gasteiger partial charge in [-0.05, 0) is 30.7 Å². The van der Waals surface area contributed by atoms with E-state index in [9.17, 15) is 9.00 Å². The smallest absolute Gasteiger partial charge is 0.221 e. The summed E-state index contributed by atoms with van der Waals surface area (Å²) in [6, 6.07) is 7.10.